The fourth-order valence-electron chi connectivity index (χ4n) is 3.70. The zero-order valence-electron chi connectivity index (χ0n) is 18.8. The molecule has 0 fully saturated rings. The van der Waals surface area contributed by atoms with Gasteiger partial charge in [0.15, 0.2) is 17.3 Å². The van der Waals surface area contributed by atoms with E-state index >= 15 is 0 Å². The summed E-state index contributed by atoms with van der Waals surface area (Å²) >= 11 is 0. The maximum absolute atomic E-state index is 6.01. The number of ether oxygens (including phenoxy) is 3. The highest BCUT2D eigenvalue weighted by molar-refractivity contribution is 5.95. The smallest absolute Gasteiger partial charge is 0.163 e. The van der Waals surface area contributed by atoms with Crippen molar-refractivity contribution in [3.05, 3.63) is 60.8 Å². The maximum atomic E-state index is 6.01. The molecular weight excluding hydrogens is 432 g/mol. The van der Waals surface area contributed by atoms with E-state index in [0.29, 0.717) is 47.6 Å². The van der Waals surface area contributed by atoms with Crippen molar-refractivity contribution in [2.24, 2.45) is 0 Å². The Labute approximate surface area is 195 Å². The van der Waals surface area contributed by atoms with E-state index in [2.05, 4.69) is 15.5 Å². The van der Waals surface area contributed by atoms with Gasteiger partial charge in [-0.1, -0.05) is 12.1 Å². The number of nitrogens with two attached hydrogens (primary N) is 1. The average Bonchev–Trinajstić information content (AvgIpc) is 3.31. The molecule has 0 bridgehead atoms. The number of fused-ring (bicyclic) bond motifs is 2. The van der Waals surface area contributed by atoms with Crippen LogP contribution in [0.4, 0.5) is 17.2 Å². The molecule has 0 saturated carbocycles. The van der Waals surface area contributed by atoms with Gasteiger partial charge in [0, 0.05) is 40.9 Å². The Kier molecular flexibility index (Phi) is 5.84. The molecule has 4 N–H and O–H groups in total. The minimum Gasteiger partial charge on any atom is -0.493 e. The predicted octanol–water partition coefficient (Wildman–Crippen LogP) is 4.53. The van der Waals surface area contributed by atoms with Crippen LogP contribution < -0.4 is 20.5 Å². The third kappa shape index (κ3) is 4.28. The van der Waals surface area contributed by atoms with Crippen LogP contribution in [-0.4, -0.2) is 47.6 Å². The standard InChI is InChI=1S/C25H24N6O3/c1-32-8-9-34-23-13-21-19(12-22(23)33-2)25(28-18-6-7-20-16(11-18)14-27-31-20)30-24(29-21)15-4-3-5-17(26)10-15/h3-7,10-14H,8-9,26H2,1-2H3,(H,27,31)(H,28,29,30). The number of aromatic amines is 1. The van der Waals surface area contributed by atoms with Crippen LogP contribution in [0.15, 0.2) is 60.8 Å². The van der Waals surface area contributed by atoms with E-state index in [1.807, 2.05) is 54.6 Å². The summed E-state index contributed by atoms with van der Waals surface area (Å²) in [7, 11) is 3.23. The zero-order chi connectivity index (χ0) is 23.5. The molecule has 2 heterocycles. The minimum absolute atomic E-state index is 0.390. The first kappa shape index (κ1) is 21.5. The summed E-state index contributed by atoms with van der Waals surface area (Å²) in [5, 5.41) is 12.3. The molecule has 0 aliphatic heterocycles. The van der Waals surface area contributed by atoms with E-state index < -0.39 is 0 Å². The third-order valence-electron chi connectivity index (χ3n) is 5.37. The summed E-state index contributed by atoms with van der Waals surface area (Å²) in [5.74, 6) is 2.33. The van der Waals surface area contributed by atoms with Crippen molar-refractivity contribution in [2.75, 3.05) is 38.5 Å². The second kappa shape index (κ2) is 9.24. The number of benzene rings is 3. The Morgan fingerprint density at radius 2 is 1.88 bits per heavy atom. The molecule has 0 aliphatic carbocycles. The van der Waals surface area contributed by atoms with Crippen LogP contribution in [0.3, 0.4) is 0 Å². The van der Waals surface area contributed by atoms with Gasteiger partial charge in [-0.15, -0.1) is 0 Å². The van der Waals surface area contributed by atoms with Crippen LogP contribution in [-0.2, 0) is 4.74 Å². The maximum Gasteiger partial charge on any atom is 0.163 e. The lowest BCUT2D eigenvalue weighted by Crippen LogP contribution is -2.06. The first-order valence-corrected chi connectivity index (χ1v) is 10.7. The van der Waals surface area contributed by atoms with Crippen molar-refractivity contribution in [3.8, 4) is 22.9 Å². The lowest BCUT2D eigenvalue weighted by atomic mass is 10.1. The number of methoxy groups -OCH3 is 2. The minimum atomic E-state index is 0.390. The van der Waals surface area contributed by atoms with E-state index in [9.17, 15) is 0 Å². The topological polar surface area (TPSA) is 120 Å². The van der Waals surface area contributed by atoms with E-state index in [4.69, 9.17) is 29.9 Å². The third-order valence-corrected chi connectivity index (χ3v) is 5.37. The molecule has 0 amide bonds. The Bertz CT molecular complexity index is 1470. The normalized spacial score (nSPS) is 11.1. The second-order valence-corrected chi connectivity index (χ2v) is 7.68. The zero-order valence-corrected chi connectivity index (χ0v) is 18.8. The van der Waals surface area contributed by atoms with Crippen LogP contribution in [0.2, 0.25) is 0 Å². The highest BCUT2D eigenvalue weighted by Gasteiger charge is 2.15. The second-order valence-electron chi connectivity index (χ2n) is 7.68. The molecule has 3 aromatic carbocycles. The fraction of sp³-hybridized carbons (Fsp3) is 0.160. The SMILES string of the molecule is COCCOc1cc2nc(-c3cccc(N)c3)nc(Nc3ccc4[nH]ncc4c3)c2cc1OC. The summed E-state index contributed by atoms with van der Waals surface area (Å²) < 4.78 is 16.6. The van der Waals surface area contributed by atoms with Gasteiger partial charge in [-0.3, -0.25) is 5.10 Å². The van der Waals surface area contributed by atoms with Crippen molar-refractivity contribution >= 4 is 39.0 Å². The first-order chi connectivity index (χ1) is 16.6. The summed E-state index contributed by atoms with van der Waals surface area (Å²) in [6, 6.07) is 17.2. The number of hydrogen-bond donors (Lipinski definition) is 3. The molecule has 0 atom stereocenters. The number of nitrogens with one attached hydrogen (secondary N) is 2. The molecule has 5 aromatic rings. The van der Waals surface area contributed by atoms with Gasteiger partial charge in [0.2, 0.25) is 0 Å². The van der Waals surface area contributed by atoms with Gasteiger partial charge in [0.05, 0.1) is 30.9 Å². The Balaban J connectivity index is 1.65. The Hall–Kier alpha value is -4.37. The van der Waals surface area contributed by atoms with Crippen LogP contribution in [0.25, 0.3) is 33.2 Å². The van der Waals surface area contributed by atoms with Crippen LogP contribution in [0.5, 0.6) is 11.5 Å². The molecule has 34 heavy (non-hydrogen) atoms. The highest BCUT2D eigenvalue weighted by Crippen LogP contribution is 2.36. The molecule has 9 nitrogen and oxygen atoms in total. The number of nitrogens with zero attached hydrogens (tertiary/aromatic N) is 3. The predicted molar refractivity (Wildman–Crippen MR) is 133 cm³/mol. The quantitative estimate of drug-likeness (QED) is 0.230. The Morgan fingerprint density at radius 1 is 0.971 bits per heavy atom. The summed E-state index contributed by atoms with van der Waals surface area (Å²) in [4.78, 5) is 9.64. The number of nitrogen functional groups attached to an aromatic ring is 1. The number of rotatable bonds is 8. The number of H-pyrrole nitrogens is 1. The van der Waals surface area contributed by atoms with Gasteiger partial charge in [-0.25, -0.2) is 9.97 Å². The fourth-order valence-corrected chi connectivity index (χ4v) is 3.70. The number of aromatic nitrogens is 4. The molecule has 5 rings (SSSR count). The van der Waals surface area contributed by atoms with Crippen molar-refractivity contribution in [2.45, 2.75) is 0 Å². The molecule has 0 saturated heterocycles. The molecule has 0 spiro atoms. The molecular formula is C25H24N6O3. The van der Waals surface area contributed by atoms with Crippen LogP contribution >= 0.6 is 0 Å². The number of anilines is 3. The van der Waals surface area contributed by atoms with E-state index in [-0.39, 0.29) is 0 Å². The summed E-state index contributed by atoms with van der Waals surface area (Å²) in [5.41, 5.74) is 9.99. The summed E-state index contributed by atoms with van der Waals surface area (Å²) in [6.07, 6.45) is 1.78. The molecule has 0 unspecified atom stereocenters. The highest BCUT2D eigenvalue weighted by atomic mass is 16.5. The van der Waals surface area contributed by atoms with Crippen LogP contribution in [0, 0.1) is 0 Å². The van der Waals surface area contributed by atoms with Gasteiger partial charge in [0.1, 0.15) is 12.4 Å². The lowest BCUT2D eigenvalue weighted by Gasteiger charge is -2.15. The summed E-state index contributed by atoms with van der Waals surface area (Å²) in [6.45, 7) is 0.851. The van der Waals surface area contributed by atoms with Crippen molar-refractivity contribution < 1.29 is 14.2 Å². The molecule has 0 radical (unpaired) electrons. The molecule has 0 aliphatic rings. The van der Waals surface area contributed by atoms with E-state index in [1.165, 1.54) is 0 Å². The van der Waals surface area contributed by atoms with E-state index in [0.717, 1.165) is 27.5 Å². The molecule has 172 valence electrons. The van der Waals surface area contributed by atoms with Crippen molar-refractivity contribution in [3.63, 3.8) is 0 Å². The van der Waals surface area contributed by atoms with Gasteiger partial charge in [0.25, 0.3) is 0 Å². The first-order valence-electron chi connectivity index (χ1n) is 10.7. The monoisotopic (exact) mass is 456 g/mol. The van der Waals surface area contributed by atoms with Crippen molar-refractivity contribution in [1.82, 2.24) is 20.2 Å². The Morgan fingerprint density at radius 3 is 2.71 bits per heavy atom. The largest absolute Gasteiger partial charge is 0.493 e. The van der Waals surface area contributed by atoms with Gasteiger partial charge < -0.3 is 25.3 Å². The van der Waals surface area contributed by atoms with Crippen molar-refractivity contribution in [1.29, 1.82) is 0 Å². The van der Waals surface area contributed by atoms with E-state index in [1.54, 1.807) is 20.4 Å². The molecule has 9 heteroatoms. The molecule has 2 aromatic heterocycles. The lowest BCUT2D eigenvalue weighted by molar-refractivity contribution is 0.144. The van der Waals surface area contributed by atoms with Gasteiger partial charge in [-0.2, -0.15) is 5.10 Å². The average molecular weight is 457 g/mol. The number of hydrogen-bond acceptors (Lipinski definition) is 8. The van der Waals surface area contributed by atoms with Gasteiger partial charge >= 0.3 is 0 Å². The van der Waals surface area contributed by atoms with Crippen LogP contribution in [0.1, 0.15) is 0 Å². The van der Waals surface area contributed by atoms with Gasteiger partial charge in [-0.05, 0) is 36.4 Å².